The van der Waals surface area contributed by atoms with Gasteiger partial charge in [-0.05, 0) is 22.5 Å². The number of benzene rings is 2. The van der Waals surface area contributed by atoms with Crippen LogP contribution in [-0.2, 0) is 0 Å². The molecule has 2 aromatic rings. The monoisotopic (exact) mass is 240 g/mol. The van der Waals surface area contributed by atoms with Crippen LogP contribution in [-0.4, -0.2) is 6.69 Å². The first kappa shape index (κ1) is 10.0. The number of rotatable bonds is 1. The SMILES string of the molecule is C[Si](Cl)(Cl)c1ccc2ccccc2c1. The van der Waals surface area contributed by atoms with Crippen LogP contribution in [0, 0.1) is 0 Å². The average molecular weight is 241 g/mol. The molecule has 0 aliphatic rings. The molecule has 72 valence electrons. The van der Waals surface area contributed by atoms with Crippen LogP contribution in [0.1, 0.15) is 0 Å². The quantitative estimate of drug-likeness (QED) is 0.528. The second-order valence-corrected chi connectivity index (χ2v) is 10.9. The van der Waals surface area contributed by atoms with Crippen LogP contribution in [0.25, 0.3) is 10.8 Å². The van der Waals surface area contributed by atoms with E-state index < -0.39 is 6.69 Å². The molecule has 0 aliphatic heterocycles. The smallest absolute Gasteiger partial charge is 0.140 e. The third-order valence-electron chi connectivity index (χ3n) is 2.26. The fraction of sp³-hybridized carbons (Fsp3) is 0.0909. The summed E-state index contributed by atoms with van der Waals surface area (Å²) in [6.07, 6.45) is 0. The molecule has 0 heterocycles. The molecule has 3 heteroatoms. The number of hydrogen-bond acceptors (Lipinski definition) is 0. The van der Waals surface area contributed by atoms with Crippen molar-refractivity contribution in [2.45, 2.75) is 6.55 Å². The minimum Gasteiger partial charge on any atom is -0.140 e. The van der Waals surface area contributed by atoms with Crippen molar-refractivity contribution in [1.29, 1.82) is 0 Å². The summed E-state index contributed by atoms with van der Waals surface area (Å²) in [5, 5.41) is 3.49. The lowest BCUT2D eigenvalue weighted by atomic mass is 10.1. The van der Waals surface area contributed by atoms with E-state index >= 15 is 0 Å². The van der Waals surface area contributed by atoms with E-state index in [2.05, 4.69) is 24.3 Å². The second-order valence-electron chi connectivity index (χ2n) is 3.45. The van der Waals surface area contributed by atoms with E-state index in [9.17, 15) is 0 Å². The van der Waals surface area contributed by atoms with Crippen molar-refractivity contribution < 1.29 is 0 Å². The highest BCUT2D eigenvalue weighted by atomic mass is 35.7. The lowest BCUT2D eigenvalue weighted by molar-refractivity contribution is 1.77. The van der Waals surface area contributed by atoms with Crippen LogP contribution < -0.4 is 5.19 Å². The maximum absolute atomic E-state index is 6.16. The molecule has 0 aromatic heterocycles. The first-order valence-corrected chi connectivity index (χ1v) is 8.97. The van der Waals surface area contributed by atoms with Gasteiger partial charge in [0.2, 0.25) is 0 Å². The highest BCUT2D eigenvalue weighted by Crippen LogP contribution is 2.18. The standard InChI is InChI=1S/C11H10Cl2Si/c1-14(12,13)11-7-6-9-4-2-3-5-10(9)8-11/h2-8H,1H3. The molecular formula is C11H10Cl2Si. The van der Waals surface area contributed by atoms with Gasteiger partial charge in [0.05, 0.1) is 0 Å². The van der Waals surface area contributed by atoms with Gasteiger partial charge >= 0.3 is 0 Å². The molecule has 2 aromatic carbocycles. The second kappa shape index (κ2) is 3.57. The number of fused-ring (bicyclic) bond motifs is 1. The van der Waals surface area contributed by atoms with Crippen LogP contribution in [0.4, 0.5) is 0 Å². The molecule has 14 heavy (non-hydrogen) atoms. The van der Waals surface area contributed by atoms with E-state index in [1.165, 1.54) is 10.8 Å². The van der Waals surface area contributed by atoms with Crippen LogP contribution in [0.2, 0.25) is 6.55 Å². The van der Waals surface area contributed by atoms with E-state index in [1.54, 1.807) is 0 Å². The molecule has 0 saturated carbocycles. The molecule has 0 nitrogen and oxygen atoms in total. The average Bonchev–Trinajstić information content (AvgIpc) is 2.16. The van der Waals surface area contributed by atoms with Crippen LogP contribution in [0.3, 0.4) is 0 Å². The molecule has 2 rings (SSSR count). The Hall–Kier alpha value is -0.503. The predicted octanol–water partition coefficient (Wildman–Crippen LogP) is 3.60. The van der Waals surface area contributed by atoms with E-state index in [-0.39, 0.29) is 0 Å². The minimum atomic E-state index is -2.21. The Morgan fingerprint density at radius 2 is 1.57 bits per heavy atom. The summed E-state index contributed by atoms with van der Waals surface area (Å²) in [4.78, 5) is 0. The fourth-order valence-electron chi connectivity index (χ4n) is 1.46. The van der Waals surface area contributed by atoms with E-state index in [4.69, 9.17) is 22.2 Å². The molecule has 0 radical (unpaired) electrons. The van der Waals surface area contributed by atoms with Gasteiger partial charge in [0, 0.05) is 0 Å². The van der Waals surface area contributed by atoms with Gasteiger partial charge in [-0.15, -0.1) is 22.2 Å². The third kappa shape index (κ3) is 1.95. The van der Waals surface area contributed by atoms with Crippen molar-refractivity contribution in [2.75, 3.05) is 0 Å². The minimum absolute atomic E-state index is 1.07. The number of hydrogen-bond donors (Lipinski definition) is 0. The Morgan fingerprint density at radius 1 is 0.929 bits per heavy atom. The zero-order valence-electron chi connectivity index (χ0n) is 7.80. The Balaban J connectivity index is 2.63. The van der Waals surface area contributed by atoms with Crippen LogP contribution >= 0.6 is 22.2 Å². The lowest BCUT2D eigenvalue weighted by Crippen LogP contribution is -2.32. The molecule has 0 atom stereocenters. The maximum atomic E-state index is 6.16. The topological polar surface area (TPSA) is 0 Å². The summed E-state index contributed by atoms with van der Waals surface area (Å²) >= 11 is 12.3. The third-order valence-corrected chi connectivity index (χ3v) is 4.89. The van der Waals surface area contributed by atoms with Crippen molar-refractivity contribution >= 4 is 44.8 Å². The lowest BCUT2D eigenvalue weighted by Gasteiger charge is -2.11. The van der Waals surface area contributed by atoms with Crippen molar-refractivity contribution in [3.05, 3.63) is 42.5 Å². The summed E-state index contributed by atoms with van der Waals surface area (Å²) in [6, 6.07) is 14.4. The molecule has 0 amide bonds. The van der Waals surface area contributed by atoms with Crippen LogP contribution in [0.15, 0.2) is 42.5 Å². The van der Waals surface area contributed by atoms with Gasteiger partial charge in [-0.3, -0.25) is 0 Å². The normalized spacial score (nSPS) is 11.9. The molecule has 0 N–H and O–H groups in total. The van der Waals surface area contributed by atoms with Gasteiger partial charge in [-0.2, -0.15) is 0 Å². The Kier molecular flexibility index (Phi) is 2.56. The molecule has 0 aliphatic carbocycles. The first-order chi connectivity index (χ1) is 6.57. The maximum Gasteiger partial charge on any atom is 0.277 e. The van der Waals surface area contributed by atoms with E-state index in [0.717, 1.165) is 5.19 Å². The van der Waals surface area contributed by atoms with Crippen molar-refractivity contribution in [1.82, 2.24) is 0 Å². The predicted molar refractivity (Wildman–Crippen MR) is 66.9 cm³/mol. The van der Waals surface area contributed by atoms with Crippen molar-refractivity contribution in [3.63, 3.8) is 0 Å². The van der Waals surface area contributed by atoms with E-state index in [0.29, 0.717) is 0 Å². The molecule has 0 bridgehead atoms. The summed E-state index contributed by atoms with van der Waals surface area (Å²) in [5.74, 6) is 0. The van der Waals surface area contributed by atoms with Gasteiger partial charge in [-0.1, -0.05) is 42.5 Å². The summed E-state index contributed by atoms with van der Waals surface area (Å²) < 4.78 is 0. The Labute approximate surface area is 93.9 Å². The molecular weight excluding hydrogens is 231 g/mol. The molecule has 0 saturated heterocycles. The summed E-state index contributed by atoms with van der Waals surface area (Å²) in [5.41, 5.74) is 0. The zero-order chi connectivity index (χ0) is 10.2. The molecule has 0 fully saturated rings. The summed E-state index contributed by atoms with van der Waals surface area (Å²) in [7, 11) is 0. The number of halogens is 2. The van der Waals surface area contributed by atoms with Gasteiger partial charge in [0.1, 0.15) is 0 Å². The van der Waals surface area contributed by atoms with Gasteiger partial charge in [-0.25, -0.2) is 0 Å². The van der Waals surface area contributed by atoms with Crippen molar-refractivity contribution in [2.24, 2.45) is 0 Å². The molecule has 0 unspecified atom stereocenters. The van der Waals surface area contributed by atoms with Gasteiger partial charge in [0.25, 0.3) is 6.69 Å². The Bertz CT molecular complexity index is 460. The van der Waals surface area contributed by atoms with Crippen LogP contribution in [0.5, 0.6) is 0 Å². The van der Waals surface area contributed by atoms with E-state index in [1.807, 2.05) is 24.7 Å². The largest absolute Gasteiger partial charge is 0.277 e. The fourth-order valence-corrected chi connectivity index (χ4v) is 2.95. The van der Waals surface area contributed by atoms with Crippen molar-refractivity contribution in [3.8, 4) is 0 Å². The first-order valence-electron chi connectivity index (χ1n) is 4.44. The van der Waals surface area contributed by atoms with Gasteiger partial charge < -0.3 is 0 Å². The molecule has 0 spiro atoms. The highest BCUT2D eigenvalue weighted by molar-refractivity contribution is 7.50. The Morgan fingerprint density at radius 3 is 2.21 bits per heavy atom. The zero-order valence-corrected chi connectivity index (χ0v) is 10.3. The van der Waals surface area contributed by atoms with Gasteiger partial charge in [0.15, 0.2) is 0 Å². The highest BCUT2D eigenvalue weighted by Gasteiger charge is 2.23. The summed E-state index contributed by atoms with van der Waals surface area (Å²) in [6.45, 7) is -0.289.